The predicted molar refractivity (Wildman–Crippen MR) is 147 cm³/mol. The molecule has 0 saturated heterocycles. The molecule has 3 aliphatic carbocycles. The quantitative estimate of drug-likeness (QED) is 0.289. The Morgan fingerprint density at radius 3 is 2.03 bits per heavy atom. The Hall–Kier alpha value is -0.560. The van der Waals surface area contributed by atoms with Gasteiger partial charge in [-0.05, 0) is 73.7 Å². The second-order valence-electron chi connectivity index (χ2n) is 13.2. The van der Waals surface area contributed by atoms with Gasteiger partial charge in [-0.15, -0.1) is 0 Å². The van der Waals surface area contributed by atoms with Crippen LogP contribution in [0.2, 0.25) is 0 Å². The molecule has 0 aliphatic heterocycles. The van der Waals surface area contributed by atoms with Crippen molar-refractivity contribution in [2.45, 2.75) is 136 Å². The normalized spacial score (nSPS) is 28.7. The fraction of sp³-hybridized carbons (Fsp3) is 0.875. The Labute approximate surface area is 207 Å². The molecule has 0 aromatic rings. The van der Waals surface area contributed by atoms with Crippen molar-refractivity contribution < 1.29 is 0 Å². The molecule has 0 amide bonds. The number of hydrogen-bond donors (Lipinski definition) is 1. The van der Waals surface area contributed by atoms with Gasteiger partial charge in [0.25, 0.3) is 0 Å². The highest BCUT2D eigenvalue weighted by Gasteiger charge is 2.39. The Morgan fingerprint density at radius 1 is 0.879 bits per heavy atom. The van der Waals surface area contributed by atoms with Crippen LogP contribution < -0.4 is 5.32 Å². The van der Waals surface area contributed by atoms with Gasteiger partial charge < -0.3 is 5.32 Å². The molecule has 4 unspecified atom stereocenters. The van der Waals surface area contributed by atoms with Gasteiger partial charge in [0.2, 0.25) is 0 Å². The highest BCUT2D eigenvalue weighted by molar-refractivity contribution is 5.13. The van der Waals surface area contributed by atoms with Crippen LogP contribution in [0.15, 0.2) is 24.3 Å². The first-order valence-electron chi connectivity index (χ1n) is 14.9. The third-order valence-corrected chi connectivity index (χ3v) is 10.3. The highest BCUT2D eigenvalue weighted by atomic mass is 14.9. The third-order valence-electron chi connectivity index (χ3n) is 10.3. The van der Waals surface area contributed by atoms with Crippen molar-refractivity contribution in [1.82, 2.24) is 5.32 Å². The molecule has 0 aromatic carbocycles. The van der Waals surface area contributed by atoms with E-state index >= 15 is 0 Å². The maximum Gasteiger partial charge on any atom is 0.0314 e. The summed E-state index contributed by atoms with van der Waals surface area (Å²) in [5.41, 5.74) is 3.44. The maximum atomic E-state index is 4.68. The third kappa shape index (κ3) is 8.26. The molecule has 1 nitrogen and oxygen atoms in total. The van der Waals surface area contributed by atoms with E-state index in [4.69, 9.17) is 0 Å². The molecule has 0 spiro atoms. The topological polar surface area (TPSA) is 12.0 Å². The molecule has 3 saturated carbocycles. The molecule has 190 valence electrons. The molecule has 33 heavy (non-hydrogen) atoms. The SMILES string of the molecule is C=C(CC1CCCCC1)CC(NCC1CC(C(C)(C)CC)CC1C)C(=C)CC1CCCCC1. The Bertz CT molecular complexity index is 604. The fourth-order valence-electron chi connectivity index (χ4n) is 7.28. The molecule has 1 heteroatoms. The van der Waals surface area contributed by atoms with Gasteiger partial charge in [0.15, 0.2) is 0 Å². The zero-order chi connectivity index (χ0) is 23.8. The van der Waals surface area contributed by atoms with Crippen LogP contribution in [0.25, 0.3) is 0 Å². The molecule has 3 fully saturated rings. The number of nitrogens with one attached hydrogen (secondary N) is 1. The summed E-state index contributed by atoms with van der Waals surface area (Å²) in [7, 11) is 0. The van der Waals surface area contributed by atoms with E-state index in [0.717, 1.165) is 36.0 Å². The lowest BCUT2D eigenvalue weighted by Crippen LogP contribution is -2.36. The fourth-order valence-corrected chi connectivity index (χ4v) is 7.28. The monoisotopic (exact) mass is 455 g/mol. The first-order chi connectivity index (χ1) is 15.8. The van der Waals surface area contributed by atoms with Crippen LogP contribution >= 0.6 is 0 Å². The van der Waals surface area contributed by atoms with Crippen molar-refractivity contribution in [1.29, 1.82) is 0 Å². The van der Waals surface area contributed by atoms with Crippen LogP contribution in [0, 0.1) is 35.0 Å². The number of hydrogen-bond acceptors (Lipinski definition) is 1. The van der Waals surface area contributed by atoms with E-state index in [0.29, 0.717) is 11.5 Å². The van der Waals surface area contributed by atoms with Crippen LogP contribution in [0.5, 0.6) is 0 Å². The average Bonchev–Trinajstić information content (AvgIpc) is 3.19. The maximum absolute atomic E-state index is 4.68. The summed E-state index contributed by atoms with van der Waals surface area (Å²) in [5.74, 6) is 4.31. The Kier molecular flexibility index (Phi) is 10.6. The molecule has 3 aliphatic rings. The molecular weight excluding hydrogens is 398 g/mol. The molecule has 3 rings (SSSR count). The summed E-state index contributed by atoms with van der Waals surface area (Å²) in [4.78, 5) is 0. The zero-order valence-corrected chi connectivity index (χ0v) is 22.9. The summed E-state index contributed by atoms with van der Waals surface area (Å²) in [6.07, 6.45) is 22.0. The van der Waals surface area contributed by atoms with E-state index in [1.807, 2.05) is 0 Å². The van der Waals surface area contributed by atoms with Gasteiger partial charge >= 0.3 is 0 Å². The van der Waals surface area contributed by atoms with Crippen molar-refractivity contribution in [2.24, 2.45) is 35.0 Å². The molecule has 0 radical (unpaired) electrons. The first kappa shape index (κ1) is 27.0. The highest BCUT2D eigenvalue weighted by Crippen LogP contribution is 2.47. The summed E-state index contributed by atoms with van der Waals surface area (Å²) in [5, 5.41) is 4.08. The van der Waals surface area contributed by atoms with Crippen LogP contribution in [-0.4, -0.2) is 12.6 Å². The van der Waals surface area contributed by atoms with E-state index < -0.39 is 0 Å². The lowest BCUT2D eigenvalue weighted by atomic mass is 9.75. The van der Waals surface area contributed by atoms with Crippen molar-refractivity contribution in [2.75, 3.05) is 6.54 Å². The van der Waals surface area contributed by atoms with Crippen molar-refractivity contribution in [3.8, 4) is 0 Å². The van der Waals surface area contributed by atoms with Gasteiger partial charge in [-0.1, -0.05) is 123 Å². The average molecular weight is 456 g/mol. The minimum Gasteiger partial charge on any atom is -0.310 e. The number of rotatable bonds is 12. The summed E-state index contributed by atoms with van der Waals surface area (Å²) < 4.78 is 0. The summed E-state index contributed by atoms with van der Waals surface area (Å²) >= 11 is 0. The van der Waals surface area contributed by atoms with Gasteiger partial charge in [-0.25, -0.2) is 0 Å². The van der Waals surface area contributed by atoms with Gasteiger partial charge in [0.05, 0.1) is 0 Å². The molecule has 4 atom stereocenters. The predicted octanol–water partition coefficient (Wildman–Crippen LogP) is 9.49. The second kappa shape index (κ2) is 12.9. The first-order valence-corrected chi connectivity index (χ1v) is 14.9. The van der Waals surface area contributed by atoms with Crippen LogP contribution in [-0.2, 0) is 0 Å². The second-order valence-corrected chi connectivity index (χ2v) is 13.2. The van der Waals surface area contributed by atoms with Crippen LogP contribution in [0.1, 0.15) is 130 Å². The zero-order valence-electron chi connectivity index (χ0n) is 22.9. The van der Waals surface area contributed by atoms with E-state index in [1.165, 1.54) is 114 Å². The van der Waals surface area contributed by atoms with Gasteiger partial charge in [0.1, 0.15) is 0 Å². The summed E-state index contributed by atoms with van der Waals surface area (Å²) in [6, 6.07) is 0.438. The Balaban J connectivity index is 1.57. The van der Waals surface area contributed by atoms with E-state index in [2.05, 4.69) is 46.2 Å². The molecule has 1 N–H and O–H groups in total. The lowest BCUT2D eigenvalue weighted by Gasteiger charge is -2.31. The molecule has 0 bridgehead atoms. The lowest BCUT2D eigenvalue weighted by molar-refractivity contribution is 0.200. The van der Waals surface area contributed by atoms with Crippen LogP contribution in [0.3, 0.4) is 0 Å². The van der Waals surface area contributed by atoms with Crippen molar-refractivity contribution in [3.63, 3.8) is 0 Å². The molecule has 0 heterocycles. The standard InChI is InChI=1S/C32H57N/c1-7-32(5,6)30-21-25(3)29(22-30)23-33-31(26(4)20-28-16-12-9-13-17-28)19-24(2)18-27-14-10-8-11-15-27/h25,27-31,33H,2,4,7-23H2,1,3,5-6H3. The summed E-state index contributed by atoms with van der Waals surface area (Å²) in [6.45, 7) is 20.3. The van der Waals surface area contributed by atoms with E-state index in [9.17, 15) is 0 Å². The van der Waals surface area contributed by atoms with Crippen molar-refractivity contribution >= 4 is 0 Å². The van der Waals surface area contributed by atoms with Crippen molar-refractivity contribution in [3.05, 3.63) is 24.3 Å². The van der Waals surface area contributed by atoms with Gasteiger partial charge in [-0.2, -0.15) is 0 Å². The molecule has 0 aromatic heterocycles. The smallest absolute Gasteiger partial charge is 0.0314 e. The van der Waals surface area contributed by atoms with Gasteiger partial charge in [0, 0.05) is 6.04 Å². The minimum absolute atomic E-state index is 0.438. The van der Waals surface area contributed by atoms with E-state index in [1.54, 1.807) is 0 Å². The molecular formula is C32H57N. The van der Waals surface area contributed by atoms with Gasteiger partial charge in [-0.3, -0.25) is 0 Å². The van der Waals surface area contributed by atoms with Crippen LogP contribution in [0.4, 0.5) is 0 Å². The minimum atomic E-state index is 0.438. The van der Waals surface area contributed by atoms with E-state index in [-0.39, 0.29) is 0 Å². The largest absolute Gasteiger partial charge is 0.310 e. The Morgan fingerprint density at radius 2 is 1.45 bits per heavy atom.